The molecule has 7 nitrogen and oxygen atoms in total. The van der Waals surface area contributed by atoms with E-state index < -0.39 is 0 Å². The maximum atomic E-state index is 12.6. The smallest absolute Gasteiger partial charge is 0.276 e. The fraction of sp³-hybridized carbons (Fsp3) is 0.294. The van der Waals surface area contributed by atoms with Crippen molar-refractivity contribution in [3.63, 3.8) is 0 Å². The monoisotopic (exact) mass is 396 g/mol. The van der Waals surface area contributed by atoms with Gasteiger partial charge in [0.1, 0.15) is 0 Å². The van der Waals surface area contributed by atoms with Crippen molar-refractivity contribution in [3.8, 4) is 5.69 Å². The number of likely N-dealkylation sites (N-methyl/N-ethyl adjacent to an activating group) is 1. The van der Waals surface area contributed by atoms with Crippen LogP contribution in [-0.2, 0) is 0 Å². The zero-order valence-electron chi connectivity index (χ0n) is 14.8. The molecular weight excluding hydrogens is 375 g/mol. The Labute approximate surface area is 164 Å². The van der Waals surface area contributed by atoms with Gasteiger partial charge in [0.15, 0.2) is 5.69 Å². The minimum atomic E-state index is -0.190. The number of carbonyl (C=O) groups excluding carboxylic acids is 1. The minimum absolute atomic E-state index is 0. The van der Waals surface area contributed by atoms with Gasteiger partial charge in [-0.2, -0.15) is 0 Å². The van der Waals surface area contributed by atoms with Crippen LogP contribution in [0, 0.1) is 6.92 Å². The van der Waals surface area contributed by atoms with E-state index in [2.05, 4.69) is 15.3 Å². The van der Waals surface area contributed by atoms with E-state index in [0.29, 0.717) is 17.9 Å². The number of nitrogens with zero attached hydrogens (tertiary/aromatic N) is 5. The molecule has 2 N–H and O–H groups in total. The Morgan fingerprint density at radius 3 is 2.65 bits per heavy atom. The standard InChI is InChI=1S/C17H20N6O.2ClH/c1-11(10-18)22(3)17(24)15-12(2)23(21-20-15)14-8-4-6-13-7-5-9-19-16(13)14;;/h4-9,11H,10,18H2,1-3H3;2*1H. The summed E-state index contributed by atoms with van der Waals surface area (Å²) in [5, 5.41) is 9.27. The van der Waals surface area contributed by atoms with Gasteiger partial charge in [-0.15, -0.1) is 29.9 Å². The van der Waals surface area contributed by atoms with Crippen molar-refractivity contribution in [3.05, 3.63) is 47.9 Å². The van der Waals surface area contributed by atoms with E-state index in [-0.39, 0.29) is 36.8 Å². The van der Waals surface area contributed by atoms with Crippen molar-refractivity contribution in [2.45, 2.75) is 19.9 Å². The molecule has 0 aliphatic carbocycles. The lowest BCUT2D eigenvalue weighted by molar-refractivity contribution is 0.0741. The Morgan fingerprint density at radius 1 is 1.27 bits per heavy atom. The highest BCUT2D eigenvalue weighted by Crippen LogP contribution is 2.21. The number of pyridine rings is 1. The van der Waals surface area contributed by atoms with Crippen LogP contribution in [-0.4, -0.2) is 50.4 Å². The van der Waals surface area contributed by atoms with Gasteiger partial charge in [0.2, 0.25) is 0 Å². The maximum absolute atomic E-state index is 12.6. The number of amides is 1. The molecule has 9 heteroatoms. The maximum Gasteiger partial charge on any atom is 0.276 e. The highest BCUT2D eigenvalue weighted by atomic mass is 35.5. The quantitative estimate of drug-likeness (QED) is 0.730. The van der Waals surface area contributed by atoms with Gasteiger partial charge >= 0.3 is 0 Å². The Hall–Kier alpha value is -2.22. The Morgan fingerprint density at radius 2 is 1.96 bits per heavy atom. The SMILES string of the molecule is Cc1c(C(=O)N(C)C(C)CN)nnn1-c1cccc2cccnc12.Cl.Cl. The minimum Gasteiger partial charge on any atom is -0.336 e. The third kappa shape index (κ3) is 3.80. The second-order valence-electron chi connectivity index (χ2n) is 5.79. The van der Waals surface area contributed by atoms with E-state index in [1.165, 1.54) is 0 Å². The van der Waals surface area contributed by atoms with Crippen molar-refractivity contribution in [1.82, 2.24) is 24.9 Å². The Balaban J connectivity index is 0.00000169. The summed E-state index contributed by atoms with van der Waals surface area (Å²) in [5.74, 6) is -0.190. The summed E-state index contributed by atoms with van der Waals surface area (Å²) < 4.78 is 1.66. The number of nitrogens with two attached hydrogens (primary N) is 1. The lowest BCUT2D eigenvalue weighted by Crippen LogP contribution is -2.40. The lowest BCUT2D eigenvalue weighted by atomic mass is 10.2. The molecule has 0 fully saturated rings. The van der Waals surface area contributed by atoms with Crippen molar-refractivity contribution in [1.29, 1.82) is 0 Å². The molecule has 0 radical (unpaired) electrons. The molecule has 0 bridgehead atoms. The number of fused-ring (bicyclic) bond motifs is 1. The van der Waals surface area contributed by atoms with Crippen LogP contribution in [0.3, 0.4) is 0 Å². The number of benzene rings is 1. The second-order valence-corrected chi connectivity index (χ2v) is 5.79. The molecule has 0 aliphatic rings. The molecule has 2 aromatic heterocycles. The number of hydrogen-bond acceptors (Lipinski definition) is 5. The van der Waals surface area contributed by atoms with Crippen LogP contribution in [0.1, 0.15) is 23.1 Å². The van der Waals surface area contributed by atoms with Crippen LogP contribution >= 0.6 is 24.8 Å². The number of para-hydroxylation sites is 1. The van der Waals surface area contributed by atoms with Crippen LogP contribution in [0.2, 0.25) is 0 Å². The zero-order chi connectivity index (χ0) is 17.3. The van der Waals surface area contributed by atoms with E-state index in [0.717, 1.165) is 16.6 Å². The first kappa shape index (κ1) is 21.8. The van der Waals surface area contributed by atoms with Crippen molar-refractivity contribution < 1.29 is 4.79 Å². The molecule has 1 aromatic carbocycles. The molecule has 1 atom stereocenters. The van der Waals surface area contributed by atoms with E-state index >= 15 is 0 Å². The van der Waals surface area contributed by atoms with E-state index in [9.17, 15) is 4.79 Å². The van der Waals surface area contributed by atoms with Gasteiger partial charge in [-0.1, -0.05) is 23.4 Å². The molecule has 1 amide bonds. The molecule has 3 rings (SSSR count). The van der Waals surface area contributed by atoms with Crippen molar-refractivity contribution in [2.75, 3.05) is 13.6 Å². The summed E-state index contributed by atoms with van der Waals surface area (Å²) in [6.07, 6.45) is 1.74. The third-order valence-electron chi connectivity index (χ3n) is 4.26. The molecular formula is C17H22Cl2N6O. The average molecular weight is 397 g/mol. The van der Waals surface area contributed by atoms with Crippen LogP contribution in [0.15, 0.2) is 36.5 Å². The van der Waals surface area contributed by atoms with Crippen molar-refractivity contribution in [2.24, 2.45) is 5.73 Å². The van der Waals surface area contributed by atoms with Gasteiger partial charge in [0, 0.05) is 31.2 Å². The normalized spacial score (nSPS) is 11.4. The lowest BCUT2D eigenvalue weighted by Gasteiger charge is -2.22. The molecule has 3 aromatic rings. The summed E-state index contributed by atoms with van der Waals surface area (Å²) in [4.78, 5) is 18.6. The Bertz CT molecular complexity index is 893. The van der Waals surface area contributed by atoms with Gasteiger partial charge in [0.05, 0.1) is 16.9 Å². The van der Waals surface area contributed by atoms with Gasteiger partial charge < -0.3 is 10.6 Å². The predicted molar refractivity (Wildman–Crippen MR) is 107 cm³/mol. The molecule has 140 valence electrons. The van der Waals surface area contributed by atoms with Gasteiger partial charge in [-0.3, -0.25) is 9.78 Å². The largest absolute Gasteiger partial charge is 0.336 e. The van der Waals surface area contributed by atoms with Crippen molar-refractivity contribution >= 4 is 41.6 Å². The van der Waals surface area contributed by atoms with Crippen LogP contribution in [0.25, 0.3) is 16.6 Å². The number of halogens is 2. The number of aromatic nitrogens is 4. The summed E-state index contributed by atoms with van der Waals surface area (Å²) in [7, 11) is 1.72. The number of rotatable bonds is 4. The topological polar surface area (TPSA) is 89.9 Å². The van der Waals surface area contributed by atoms with Crippen LogP contribution in [0.5, 0.6) is 0 Å². The fourth-order valence-corrected chi connectivity index (χ4v) is 2.54. The highest BCUT2D eigenvalue weighted by Gasteiger charge is 2.23. The van der Waals surface area contributed by atoms with Gasteiger partial charge in [0.25, 0.3) is 5.91 Å². The first-order valence-electron chi connectivity index (χ1n) is 7.78. The molecule has 26 heavy (non-hydrogen) atoms. The van der Waals surface area contributed by atoms with Crippen LogP contribution in [0.4, 0.5) is 0 Å². The summed E-state index contributed by atoms with van der Waals surface area (Å²) in [6, 6.07) is 9.64. The molecule has 0 spiro atoms. The van der Waals surface area contributed by atoms with E-state index in [4.69, 9.17) is 5.73 Å². The summed E-state index contributed by atoms with van der Waals surface area (Å²) in [6.45, 7) is 4.12. The fourth-order valence-electron chi connectivity index (χ4n) is 2.54. The van der Waals surface area contributed by atoms with Crippen LogP contribution < -0.4 is 5.73 Å². The molecule has 0 saturated heterocycles. The van der Waals surface area contributed by atoms with Gasteiger partial charge in [-0.05, 0) is 26.0 Å². The summed E-state index contributed by atoms with van der Waals surface area (Å²) in [5.41, 5.74) is 8.26. The molecule has 2 heterocycles. The van der Waals surface area contributed by atoms with E-state index in [1.807, 2.05) is 44.2 Å². The molecule has 1 unspecified atom stereocenters. The third-order valence-corrected chi connectivity index (χ3v) is 4.26. The first-order valence-corrected chi connectivity index (χ1v) is 7.78. The van der Waals surface area contributed by atoms with Gasteiger partial charge in [-0.25, -0.2) is 4.68 Å². The predicted octanol–water partition coefficient (Wildman–Crippen LogP) is 2.39. The average Bonchev–Trinajstić information content (AvgIpc) is 3.00. The highest BCUT2D eigenvalue weighted by molar-refractivity contribution is 5.94. The molecule has 0 aliphatic heterocycles. The molecule has 0 saturated carbocycles. The Kier molecular flexibility index (Phi) is 7.50. The number of hydrogen-bond donors (Lipinski definition) is 1. The second kappa shape index (κ2) is 8.93. The number of carbonyl (C=O) groups is 1. The summed E-state index contributed by atoms with van der Waals surface area (Å²) >= 11 is 0. The zero-order valence-corrected chi connectivity index (χ0v) is 16.4. The first-order chi connectivity index (χ1) is 11.5. The van der Waals surface area contributed by atoms with E-state index in [1.54, 1.807) is 22.8 Å².